The first-order valence-electron chi connectivity index (χ1n) is 17.8. The molecule has 2 aliphatic rings. The first-order valence-corrected chi connectivity index (χ1v) is 18.3. The summed E-state index contributed by atoms with van der Waals surface area (Å²) in [6.07, 6.45) is -12.6. The van der Waals surface area contributed by atoms with E-state index in [-0.39, 0.29) is 6.61 Å². The van der Waals surface area contributed by atoms with Crippen LogP contribution in [0.5, 0.6) is 0 Å². The molecule has 0 saturated carbocycles. The summed E-state index contributed by atoms with van der Waals surface area (Å²) in [5, 5.41) is 21.6. The summed E-state index contributed by atoms with van der Waals surface area (Å²) >= 11 is 0. The van der Waals surface area contributed by atoms with Gasteiger partial charge in [0.15, 0.2) is 37.0 Å². The van der Waals surface area contributed by atoms with Crippen LogP contribution in [0.1, 0.15) is 103 Å². The Kier molecular flexibility index (Phi) is 16.5. The molecule has 0 aromatic heterocycles. The second-order valence-corrected chi connectivity index (χ2v) is 17.7. The van der Waals surface area contributed by atoms with Gasteiger partial charge in [-0.15, -0.1) is 0 Å². The summed E-state index contributed by atoms with van der Waals surface area (Å²) in [5.74, 6) is -2.68. The number of rotatable bonds is 13. The third-order valence-electron chi connectivity index (χ3n) is 8.18. The van der Waals surface area contributed by atoms with Gasteiger partial charge in [0.2, 0.25) is 0 Å². The molecule has 0 amide bonds. The Morgan fingerprint density at radius 1 is 0.635 bits per heavy atom. The van der Waals surface area contributed by atoms with Crippen molar-refractivity contribution < 1.29 is 71.8 Å². The van der Waals surface area contributed by atoms with Crippen LogP contribution in [0.4, 0.5) is 0 Å². The highest BCUT2D eigenvalue weighted by Gasteiger charge is 2.57. The summed E-state index contributed by atoms with van der Waals surface area (Å²) in [4.78, 5) is 53.1. The number of unbranched alkanes of at least 4 members (excludes halogenated alkanes) is 1. The number of aliphatic hydroxyl groups is 2. The molecule has 2 N–H and O–H groups in total. The van der Waals surface area contributed by atoms with E-state index in [0.717, 1.165) is 6.42 Å². The second kappa shape index (κ2) is 18.6. The quantitative estimate of drug-likeness (QED) is 0.119. The fourth-order valence-electron chi connectivity index (χ4n) is 4.77. The van der Waals surface area contributed by atoms with E-state index < -0.39 is 120 Å². The number of hydrogen-bond acceptors (Lipinski definition) is 15. The molecule has 0 aromatic carbocycles. The zero-order valence-corrected chi connectivity index (χ0v) is 34.2. The van der Waals surface area contributed by atoms with Gasteiger partial charge in [-0.2, -0.15) is 0 Å². The summed E-state index contributed by atoms with van der Waals surface area (Å²) < 4.78 is 54.1. The Morgan fingerprint density at radius 2 is 1.10 bits per heavy atom. The van der Waals surface area contributed by atoms with Crippen molar-refractivity contribution >= 4 is 33.3 Å². The van der Waals surface area contributed by atoms with Crippen LogP contribution in [-0.2, 0) is 61.6 Å². The van der Waals surface area contributed by atoms with Gasteiger partial charge < -0.3 is 52.6 Å². The van der Waals surface area contributed by atoms with Crippen LogP contribution in [0.3, 0.4) is 0 Å². The third-order valence-corrected chi connectivity index (χ3v) is 8.49. The summed E-state index contributed by atoms with van der Waals surface area (Å²) in [5.41, 5.74) is -3.99. The molecular weight excluding hydrogens is 703 g/mol. The lowest BCUT2D eigenvalue weighted by Gasteiger charge is -2.49. The maximum atomic E-state index is 13.5. The standard InChI is InChI=1S/C36H63O15P/c1-14-15-16-43-27-26(51-52)24(49-31(41)35(8,9)10)22(20(46-27)18-44-29(39)33(2,3)4)47-28-25(50-32(42)36(11,12)13)23(21(38)19(17-37)45-28)48-30(40)34(5,6)7/h19-28,37-38H,14-18,52H2,1-13H3/t19?,20?,21-,22+,23?,24?,25-,26-,27+,28-/m0/s1. The summed E-state index contributed by atoms with van der Waals surface area (Å²) in [6, 6.07) is 0. The van der Waals surface area contributed by atoms with Crippen molar-refractivity contribution in [3.8, 4) is 0 Å². The topological polar surface area (TPSA) is 192 Å². The van der Waals surface area contributed by atoms with E-state index in [2.05, 4.69) is 9.47 Å². The number of carbonyl (C=O) groups is 4. The maximum Gasteiger partial charge on any atom is 0.311 e. The van der Waals surface area contributed by atoms with Gasteiger partial charge >= 0.3 is 23.9 Å². The fourth-order valence-corrected chi connectivity index (χ4v) is 5.06. The third kappa shape index (κ3) is 12.5. The number of aliphatic hydroxyl groups excluding tert-OH is 2. The van der Waals surface area contributed by atoms with Crippen LogP contribution < -0.4 is 0 Å². The SMILES string of the molecule is CCCCO[C@@H]1OC(COC(=O)C(C)(C)C)[C@@H](O[C@@H]2OC(CO)[C@H](O)C(OC(=O)C(C)(C)C)[C@@H]2OC(=O)C(C)(C)C)C(OC(=O)C(C)(C)C)[C@@H]1OP. The smallest absolute Gasteiger partial charge is 0.311 e. The summed E-state index contributed by atoms with van der Waals surface area (Å²) in [7, 11) is 2.12. The molecular formula is C36H63O15P. The van der Waals surface area contributed by atoms with E-state index in [1.165, 1.54) is 0 Å². The molecule has 11 atom stereocenters. The van der Waals surface area contributed by atoms with Crippen molar-refractivity contribution in [1.29, 1.82) is 0 Å². The number of esters is 4. The Labute approximate surface area is 310 Å². The van der Waals surface area contributed by atoms with E-state index >= 15 is 0 Å². The molecule has 2 rings (SSSR count). The lowest BCUT2D eigenvalue weighted by atomic mass is 9.93. The molecule has 2 fully saturated rings. The number of ether oxygens (including phenoxy) is 8. The van der Waals surface area contributed by atoms with Crippen LogP contribution >= 0.6 is 9.47 Å². The Bertz CT molecular complexity index is 1200. The minimum absolute atomic E-state index is 0.263. The first kappa shape index (κ1) is 46.2. The van der Waals surface area contributed by atoms with Crippen molar-refractivity contribution in [1.82, 2.24) is 0 Å². The molecule has 2 saturated heterocycles. The Morgan fingerprint density at radius 3 is 1.54 bits per heavy atom. The van der Waals surface area contributed by atoms with Crippen molar-refractivity contribution in [2.45, 2.75) is 164 Å². The molecule has 0 aliphatic carbocycles. The molecule has 0 spiro atoms. The van der Waals surface area contributed by atoms with Gasteiger partial charge in [-0.05, 0) is 89.5 Å². The van der Waals surface area contributed by atoms with Gasteiger partial charge in [0.25, 0.3) is 0 Å². The predicted molar refractivity (Wildman–Crippen MR) is 189 cm³/mol. The number of carbonyl (C=O) groups excluding carboxylic acids is 4. The van der Waals surface area contributed by atoms with E-state index in [1.54, 1.807) is 83.1 Å². The van der Waals surface area contributed by atoms with Gasteiger partial charge in [0.1, 0.15) is 31.0 Å². The van der Waals surface area contributed by atoms with Crippen LogP contribution in [0.25, 0.3) is 0 Å². The maximum absolute atomic E-state index is 13.5. The zero-order valence-electron chi connectivity index (χ0n) is 33.1. The molecule has 2 aliphatic heterocycles. The lowest BCUT2D eigenvalue weighted by molar-refractivity contribution is -0.359. The monoisotopic (exact) mass is 766 g/mol. The Balaban J connectivity index is 2.77. The highest BCUT2D eigenvalue weighted by atomic mass is 31.0. The van der Waals surface area contributed by atoms with Crippen molar-refractivity contribution in [2.24, 2.45) is 21.7 Å². The van der Waals surface area contributed by atoms with Gasteiger partial charge in [0, 0.05) is 16.1 Å². The van der Waals surface area contributed by atoms with Crippen molar-refractivity contribution in [2.75, 3.05) is 19.8 Å². The van der Waals surface area contributed by atoms with Gasteiger partial charge in [-0.1, -0.05) is 13.3 Å². The van der Waals surface area contributed by atoms with Gasteiger partial charge in [-0.25, -0.2) is 0 Å². The van der Waals surface area contributed by atoms with E-state index in [4.69, 9.17) is 42.4 Å². The molecule has 0 aromatic rings. The molecule has 2 heterocycles. The van der Waals surface area contributed by atoms with Crippen LogP contribution in [0.15, 0.2) is 0 Å². The molecule has 52 heavy (non-hydrogen) atoms. The molecule has 0 bridgehead atoms. The van der Waals surface area contributed by atoms with Crippen LogP contribution in [0.2, 0.25) is 0 Å². The fraction of sp³-hybridized carbons (Fsp3) is 0.889. The van der Waals surface area contributed by atoms with Gasteiger partial charge in [0.05, 0.1) is 28.3 Å². The van der Waals surface area contributed by atoms with Gasteiger partial charge in [-0.3, -0.25) is 19.2 Å². The van der Waals surface area contributed by atoms with Crippen LogP contribution in [-0.4, -0.2) is 115 Å². The van der Waals surface area contributed by atoms with Crippen molar-refractivity contribution in [3.05, 3.63) is 0 Å². The minimum Gasteiger partial charge on any atom is -0.462 e. The normalized spacial score (nSPS) is 30.3. The average Bonchev–Trinajstić information content (AvgIpc) is 3.01. The van der Waals surface area contributed by atoms with Crippen molar-refractivity contribution in [3.63, 3.8) is 0 Å². The molecule has 302 valence electrons. The van der Waals surface area contributed by atoms with E-state index in [9.17, 15) is 29.4 Å². The largest absolute Gasteiger partial charge is 0.462 e. The summed E-state index contributed by atoms with van der Waals surface area (Å²) in [6.45, 7) is 20.7. The predicted octanol–water partition coefficient (Wildman–Crippen LogP) is 3.63. The average molecular weight is 767 g/mol. The minimum atomic E-state index is -1.67. The molecule has 16 heteroatoms. The highest BCUT2D eigenvalue weighted by molar-refractivity contribution is 7.09. The lowest BCUT2D eigenvalue weighted by Crippen LogP contribution is -2.67. The number of hydrogen-bond donors (Lipinski definition) is 2. The molecule has 15 nitrogen and oxygen atoms in total. The van der Waals surface area contributed by atoms with Crippen LogP contribution in [0, 0.1) is 21.7 Å². The first-order chi connectivity index (χ1) is 23.8. The highest BCUT2D eigenvalue weighted by Crippen LogP contribution is 2.37. The van der Waals surface area contributed by atoms with E-state index in [1.807, 2.05) is 6.92 Å². The zero-order chi connectivity index (χ0) is 40.0. The molecule has 0 radical (unpaired) electrons. The molecule has 5 unspecified atom stereocenters. The van der Waals surface area contributed by atoms with E-state index in [0.29, 0.717) is 6.42 Å². The Hall–Kier alpha value is -1.97. The second-order valence-electron chi connectivity index (χ2n) is 17.4.